The van der Waals surface area contributed by atoms with Gasteiger partial charge in [0.15, 0.2) is 0 Å². The fourth-order valence-electron chi connectivity index (χ4n) is 2.98. The summed E-state index contributed by atoms with van der Waals surface area (Å²) in [5.74, 6) is 0.994. The molecule has 0 aromatic rings. The van der Waals surface area contributed by atoms with E-state index >= 15 is 0 Å². The third kappa shape index (κ3) is 5.34. The number of unbranched alkanes of at least 4 members (excludes halogenated alkanes) is 3. The Balaban J connectivity index is 2.19. The number of rotatable bonds is 9. The van der Waals surface area contributed by atoms with Crippen molar-refractivity contribution >= 4 is 0 Å². The quantitative estimate of drug-likeness (QED) is 0.569. The Morgan fingerprint density at radius 3 is 2.38 bits per heavy atom. The van der Waals surface area contributed by atoms with Crippen molar-refractivity contribution in [2.45, 2.75) is 84.1 Å². The molecule has 16 heavy (non-hydrogen) atoms. The van der Waals surface area contributed by atoms with Crippen molar-refractivity contribution in [3.63, 3.8) is 0 Å². The van der Waals surface area contributed by atoms with E-state index in [-0.39, 0.29) is 0 Å². The predicted octanol–water partition coefficient (Wildman–Crippen LogP) is 4.52. The van der Waals surface area contributed by atoms with Gasteiger partial charge in [0.1, 0.15) is 0 Å². The van der Waals surface area contributed by atoms with Crippen LogP contribution in [-0.4, -0.2) is 12.6 Å². The average molecular weight is 225 g/mol. The fourth-order valence-corrected chi connectivity index (χ4v) is 2.98. The minimum Gasteiger partial charge on any atom is -0.314 e. The molecule has 1 fully saturated rings. The molecule has 0 saturated heterocycles. The van der Waals surface area contributed by atoms with Crippen molar-refractivity contribution < 1.29 is 0 Å². The summed E-state index contributed by atoms with van der Waals surface area (Å²) >= 11 is 0. The van der Waals surface area contributed by atoms with Crippen molar-refractivity contribution in [3.8, 4) is 0 Å². The Kier molecular flexibility index (Phi) is 7.92. The molecule has 1 rings (SSSR count). The second-order valence-electron chi connectivity index (χ2n) is 5.45. The Labute approximate surface area is 102 Å². The SMILES string of the molecule is CCCCCCC(NCCC)C1CCCC1. The van der Waals surface area contributed by atoms with Crippen molar-refractivity contribution in [1.82, 2.24) is 5.32 Å². The highest BCUT2D eigenvalue weighted by atomic mass is 14.9. The second-order valence-corrected chi connectivity index (χ2v) is 5.45. The van der Waals surface area contributed by atoms with Crippen LogP contribution in [-0.2, 0) is 0 Å². The van der Waals surface area contributed by atoms with E-state index in [1.807, 2.05) is 0 Å². The minimum absolute atomic E-state index is 0.833. The van der Waals surface area contributed by atoms with Gasteiger partial charge in [0, 0.05) is 6.04 Å². The molecule has 1 unspecified atom stereocenters. The first-order valence-corrected chi connectivity index (χ1v) is 7.61. The van der Waals surface area contributed by atoms with Crippen LogP contribution in [0.5, 0.6) is 0 Å². The summed E-state index contributed by atoms with van der Waals surface area (Å²) in [5.41, 5.74) is 0. The molecule has 0 amide bonds. The highest BCUT2D eigenvalue weighted by Gasteiger charge is 2.23. The highest BCUT2D eigenvalue weighted by Crippen LogP contribution is 2.29. The second kappa shape index (κ2) is 9.04. The summed E-state index contributed by atoms with van der Waals surface area (Å²) < 4.78 is 0. The van der Waals surface area contributed by atoms with Gasteiger partial charge >= 0.3 is 0 Å². The van der Waals surface area contributed by atoms with E-state index < -0.39 is 0 Å². The van der Waals surface area contributed by atoms with E-state index in [4.69, 9.17) is 0 Å². The third-order valence-electron chi connectivity index (χ3n) is 3.99. The van der Waals surface area contributed by atoms with E-state index in [1.165, 1.54) is 70.8 Å². The lowest BCUT2D eigenvalue weighted by atomic mass is 9.93. The molecular formula is C15H31N. The van der Waals surface area contributed by atoms with Crippen LogP contribution in [0.3, 0.4) is 0 Å². The molecule has 1 heteroatoms. The van der Waals surface area contributed by atoms with Crippen LogP contribution < -0.4 is 5.32 Å². The first-order valence-electron chi connectivity index (χ1n) is 7.61. The largest absolute Gasteiger partial charge is 0.314 e. The Morgan fingerprint density at radius 1 is 1.00 bits per heavy atom. The minimum atomic E-state index is 0.833. The van der Waals surface area contributed by atoms with Gasteiger partial charge in [-0.25, -0.2) is 0 Å². The maximum Gasteiger partial charge on any atom is 0.00953 e. The zero-order valence-electron chi connectivity index (χ0n) is 11.4. The Morgan fingerprint density at radius 2 is 1.75 bits per heavy atom. The van der Waals surface area contributed by atoms with E-state index in [0.29, 0.717) is 0 Å². The molecule has 1 N–H and O–H groups in total. The molecule has 0 spiro atoms. The van der Waals surface area contributed by atoms with Crippen LogP contribution in [0.15, 0.2) is 0 Å². The first kappa shape index (κ1) is 14.0. The topological polar surface area (TPSA) is 12.0 Å². The standard InChI is InChI=1S/C15H31N/c1-3-5-6-7-12-15(16-13-4-2)14-10-8-9-11-14/h14-16H,3-13H2,1-2H3. The van der Waals surface area contributed by atoms with Crippen molar-refractivity contribution in [2.75, 3.05) is 6.54 Å². The number of hydrogen-bond acceptors (Lipinski definition) is 1. The van der Waals surface area contributed by atoms with Gasteiger partial charge in [0.05, 0.1) is 0 Å². The molecule has 96 valence electrons. The van der Waals surface area contributed by atoms with Crippen LogP contribution in [0.1, 0.15) is 78.1 Å². The van der Waals surface area contributed by atoms with Crippen LogP contribution in [0.2, 0.25) is 0 Å². The molecular weight excluding hydrogens is 194 g/mol. The van der Waals surface area contributed by atoms with Crippen LogP contribution >= 0.6 is 0 Å². The molecule has 0 radical (unpaired) electrons. The van der Waals surface area contributed by atoms with Crippen LogP contribution in [0.25, 0.3) is 0 Å². The van der Waals surface area contributed by atoms with E-state index in [1.54, 1.807) is 0 Å². The van der Waals surface area contributed by atoms with Gasteiger partial charge in [-0.3, -0.25) is 0 Å². The van der Waals surface area contributed by atoms with Gasteiger partial charge in [-0.05, 0) is 38.1 Å². The summed E-state index contributed by atoms with van der Waals surface area (Å²) in [6, 6.07) is 0.833. The molecule has 1 nitrogen and oxygen atoms in total. The van der Waals surface area contributed by atoms with Crippen LogP contribution in [0.4, 0.5) is 0 Å². The van der Waals surface area contributed by atoms with E-state index in [2.05, 4.69) is 19.2 Å². The summed E-state index contributed by atoms with van der Waals surface area (Å²) in [7, 11) is 0. The van der Waals surface area contributed by atoms with Crippen molar-refractivity contribution in [2.24, 2.45) is 5.92 Å². The fraction of sp³-hybridized carbons (Fsp3) is 1.00. The first-order chi connectivity index (χ1) is 7.88. The highest BCUT2D eigenvalue weighted by molar-refractivity contribution is 4.80. The summed E-state index contributed by atoms with van der Waals surface area (Å²) in [6.07, 6.45) is 14.3. The maximum atomic E-state index is 3.79. The van der Waals surface area contributed by atoms with Crippen LogP contribution in [0, 0.1) is 5.92 Å². The summed E-state index contributed by atoms with van der Waals surface area (Å²) in [4.78, 5) is 0. The zero-order valence-corrected chi connectivity index (χ0v) is 11.4. The molecule has 0 aliphatic heterocycles. The number of hydrogen-bond donors (Lipinski definition) is 1. The van der Waals surface area contributed by atoms with Gasteiger partial charge in [0.2, 0.25) is 0 Å². The Hall–Kier alpha value is -0.0400. The smallest absolute Gasteiger partial charge is 0.00953 e. The third-order valence-corrected chi connectivity index (χ3v) is 3.99. The zero-order chi connectivity index (χ0) is 11.6. The molecule has 0 aromatic heterocycles. The van der Waals surface area contributed by atoms with E-state index in [9.17, 15) is 0 Å². The summed E-state index contributed by atoms with van der Waals surface area (Å²) in [6.45, 7) is 5.79. The van der Waals surface area contributed by atoms with E-state index in [0.717, 1.165) is 12.0 Å². The lowest BCUT2D eigenvalue weighted by molar-refractivity contribution is 0.331. The molecule has 0 bridgehead atoms. The monoisotopic (exact) mass is 225 g/mol. The van der Waals surface area contributed by atoms with Gasteiger partial charge in [-0.1, -0.05) is 52.4 Å². The normalized spacial score (nSPS) is 19.1. The molecule has 1 atom stereocenters. The lowest BCUT2D eigenvalue weighted by Crippen LogP contribution is -2.35. The number of nitrogens with one attached hydrogen (secondary N) is 1. The van der Waals surface area contributed by atoms with Crippen molar-refractivity contribution in [1.29, 1.82) is 0 Å². The molecule has 0 heterocycles. The van der Waals surface area contributed by atoms with Gasteiger partial charge in [-0.2, -0.15) is 0 Å². The molecule has 1 aliphatic carbocycles. The predicted molar refractivity (Wildman–Crippen MR) is 72.8 cm³/mol. The van der Waals surface area contributed by atoms with Gasteiger partial charge < -0.3 is 5.32 Å². The molecule has 0 aromatic carbocycles. The lowest BCUT2D eigenvalue weighted by Gasteiger charge is -2.24. The molecule has 1 saturated carbocycles. The summed E-state index contributed by atoms with van der Waals surface area (Å²) in [5, 5.41) is 3.79. The van der Waals surface area contributed by atoms with Gasteiger partial charge in [0.25, 0.3) is 0 Å². The van der Waals surface area contributed by atoms with Crippen molar-refractivity contribution in [3.05, 3.63) is 0 Å². The maximum absolute atomic E-state index is 3.79. The molecule has 1 aliphatic rings. The van der Waals surface area contributed by atoms with Gasteiger partial charge in [-0.15, -0.1) is 0 Å². The Bertz CT molecular complexity index is 150. The average Bonchev–Trinajstić information content (AvgIpc) is 2.82.